The molecule has 1 atom stereocenters. The van der Waals surface area contributed by atoms with Crippen LogP contribution in [0.1, 0.15) is 39.3 Å². The zero-order valence-corrected chi connectivity index (χ0v) is 12.6. The van der Waals surface area contributed by atoms with Crippen molar-refractivity contribution in [3.63, 3.8) is 0 Å². The first-order valence-corrected chi connectivity index (χ1v) is 7.20. The third-order valence-corrected chi connectivity index (χ3v) is 3.14. The number of anilines is 1. The predicted molar refractivity (Wildman–Crippen MR) is 79.3 cm³/mol. The van der Waals surface area contributed by atoms with E-state index in [4.69, 9.17) is 0 Å². The molecule has 7 heteroatoms. The van der Waals surface area contributed by atoms with Gasteiger partial charge in [-0.15, -0.1) is 0 Å². The van der Waals surface area contributed by atoms with Crippen molar-refractivity contribution in [2.24, 2.45) is 5.92 Å². The van der Waals surface area contributed by atoms with Crippen LogP contribution in [0.5, 0.6) is 0 Å². The van der Waals surface area contributed by atoms with Gasteiger partial charge in [-0.1, -0.05) is 27.2 Å². The van der Waals surface area contributed by atoms with Crippen LogP contribution in [0.2, 0.25) is 0 Å². The number of aromatic nitrogens is 4. The second-order valence-electron chi connectivity index (χ2n) is 5.52. The molecule has 0 amide bonds. The van der Waals surface area contributed by atoms with Gasteiger partial charge in [0.15, 0.2) is 0 Å². The van der Waals surface area contributed by atoms with Crippen molar-refractivity contribution >= 4 is 17.6 Å². The third-order valence-electron chi connectivity index (χ3n) is 3.14. The van der Waals surface area contributed by atoms with E-state index in [1.165, 1.54) is 10.8 Å². The molecule has 21 heavy (non-hydrogen) atoms. The van der Waals surface area contributed by atoms with Crippen LogP contribution in [0.25, 0.3) is 5.78 Å². The van der Waals surface area contributed by atoms with Crippen molar-refractivity contribution in [2.75, 3.05) is 5.32 Å². The Labute approximate surface area is 123 Å². The van der Waals surface area contributed by atoms with Gasteiger partial charge >= 0.3 is 5.97 Å². The molecule has 1 unspecified atom stereocenters. The Kier molecular flexibility index (Phi) is 4.72. The highest BCUT2D eigenvalue weighted by Crippen LogP contribution is 2.16. The highest BCUT2D eigenvalue weighted by Gasteiger charge is 2.20. The Morgan fingerprint density at radius 1 is 1.48 bits per heavy atom. The van der Waals surface area contributed by atoms with Crippen molar-refractivity contribution in [1.29, 1.82) is 0 Å². The van der Waals surface area contributed by atoms with Crippen LogP contribution in [0.4, 0.5) is 5.82 Å². The quantitative estimate of drug-likeness (QED) is 0.810. The number of hydrogen-bond acceptors (Lipinski definition) is 5. The molecule has 0 aliphatic heterocycles. The molecule has 0 aliphatic rings. The first-order chi connectivity index (χ1) is 10.0. The lowest BCUT2D eigenvalue weighted by Crippen LogP contribution is -2.31. The smallest absolute Gasteiger partial charge is 0.326 e. The number of aliphatic carboxylic acids is 1. The van der Waals surface area contributed by atoms with Crippen LogP contribution in [0.15, 0.2) is 12.4 Å². The molecule has 0 saturated heterocycles. The Balaban J connectivity index is 2.34. The Morgan fingerprint density at radius 3 is 2.86 bits per heavy atom. The number of aryl methyl sites for hydroxylation is 1. The topological polar surface area (TPSA) is 92.4 Å². The molecule has 114 valence electrons. The van der Waals surface area contributed by atoms with Gasteiger partial charge in [0.25, 0.3) is 5.78 Å². The Morgan fingerprint density at radius 2 is 2.24 bits per heavy atom. The summed E-state index contributed by atoms with van der Waals surface area (Å²) < 4.78 is 1.54. The molecular weight excluding hydrogens is 270 g/mol. The van der Waals surface area contributed by atoms with Crippen LogP contribution >= 0.6 is 0 Å². The fraction of sp³-hybridized carbons (Fsp3) is 0.571. The molecule has 2 heterocycles. The fourth-order valence-electron chi connectivity index (χ4n) is 2.22. The Bertz CT molecular complexity index is 623. The summed E-state index contributed by atoms with van der Waals surface area (Å²) in [5, 5.41) is 16.5. The molecule has 0 spiro atoms. The van der Waals surface area contributed by atoms with E-state index >= 15 is 0 Å². The number of fused-ring (bicyclic) bond motifs is 1. The zero-order chi connectivity index (χ0) is 15.4. The second-order valence-corrected chi connectivity index (χ2v) is 5.52. The maximum atomic E-state index is 11.4. The van der Waals surface area contributed by atoms with Crippen molar-refractivity contribution in [3.8, 4) is 0 Å². The standard InChI is InChI=1S/C14H21N5O2/c1-4-5-10-7-12(19-14(17-10)15-8-16-19)18-11(13(20)21)6-9(2)3/h7-9,11,18H,4-6H2,1-3H3,(H,20,21). The molecule has 0 fully saturated rings. The minimum atomic E-state index is -0.870. The highest BCUT2D eigenvalue weighted by atomic mass is 16.4. The number of nitrogens with zero attached hydrogens (tertiary/aromatic N) is 4. The number of rotatable bonds is 7. The lowest BCUT2D eigenvalue weighted by molar-refractivity contribution is -0.138. The van der Waals surface area contributed by atoms with E-state index in [0.717, 1.165) is 18.5 Å². The maximum absolute atomic E-state index is 11.4. The molecule has 0 bridgehead atoms. The summed E-state index contributed by atoms with van der Waals surface area (Å²) in [5.74, 6) is 0.513. The van der Waals surface area contributed by atoms with Gasteiger partial charge < -0.3 is 10.4 Å². The lowest BCUT2D eigenvalue weighted by Gasteiger charge is -2.18. The molecule has 0 aliphatic carbocycles. The van der Waals surface area contributed by atoms with Crippen LogP contribution in [-0.4, -0.2) is 36.7 Å². The first kappa shape index (κ1) is 15.2. The fourth-order valence-corrected chi connectivity index (χ4v) is 2.22. The summed E-state index contributed by atoms with van der Waals surface area (Å²) in [7, 11) is 0. The van der Waals surface area contributed by atoms with Crippen LogP contribution in [0, 0.1) is 5.92 Å². The summed E-state index contributed by atoms with van der Waals surface area (Å²) in [5.41, 5.74) is 0.884. The Hall–Kier alpha value is -2.18. The van der Waals surface area contributed by atoms with Gasteiger partial charge in [0.1, 0.15) is 18.2 Å². The largest absolute Gasteiger partial charge is 0.480 e. The van der Waals surface area contributed by atoms with E-state index in [-0.39, 0.29) is 5.92 Å². The van der Waals surface area contributed by atoms with E-state index in [1.807, 2.05) is 19.9 Å². The summed E-state index contributed by atoms with van der Waals surface area (Å²) in [4.78, 5) is 19.9. The number of carboxylic acid groups (broad SMARTS) is 1. The summed E-state index contributed by atoms with van der Waals surface area (Å²) in [6, 6.07) is 1.19. The molecule has 0 saturated carbocycles. The van der Waals surface area contributed by atoms with Crippen LogP contribution in [0.3, 0.4) is 0 Å². The van der Waals surface area contributed by atoms with Gasteiger partial charge in [0.2, 0.25) is 0 Å². The van der Waals surface area contributed by atoms with E-state index in [2.05, 4.69) is 27.3 Å². The van der Waals surface area contributed by atoms with Crippen molar-refractivity contribution in [3.05, 3.63) is 18.1 Å². The molecule has 2 aromatic heterocycles. The lowest BCUT2D eigenvalue weighted by atomic mass is 10.0. The van der Waals surface area contributed by atoms with E-state index in [9.17, 15) is 9.90 Å². The molecule has 0 radical (unpaired) electrons. The van der Waals surface area contributed by atoms with E-state index in [0.29, 0.717) is 18.0 Å². The molecule has 2 aromatic rings. The summed E-state index contributed by atoms with van der Waals surface area (Å²) in [6.45, 7) is 6.07. The summed E-state index contributed by atoms with van der Waals surface area (Å²) in [6.07, 6.45) is 3.74. The third kappa shape index (κ3) is 3.68. The molecule has 2 rings (SSSR count). The van der Waals surface area contributed by atoms with Gasteiger partial charge in [0.05, 0.1) is 0 Å². The van der Waals surface area contributed by atoms with Gasteiger partial charge in [-0.25, -0.2) is 9.78 Å². The average molecular weight is 291 g/mol. The van der Waals surface area contributed by atoms with Crippen LogP contribution < -0.4 is 5.32 Å². The normalized spacial score (nSPS) is 12.8. The van der Waals surface area contributed by atoms with E-state index < -0.39 is 12.0 Å². The second kappa shape index (κ2) is 6.51. The summed E-state index contributed by atoms with van der Waals surface area (Å²) >= 11 is 0. The minimum absolute atomic E-state index is 0.279. The number of carboxylic acids is 1. The van der Waals surface area contributed by atoms with E-state index in [1.54, 1.807) is 0 Å². The van der Waals surface area contributed by atoms with Crippen LogP contribution in [-0.2, 0) is 11.2 Å². The molecule has 7 nitrogen and oxygen atoms in total. The minimum Gasteiger partial charge on any atom is -0.480 e. The van der Waals surface area contributed by atoms with Gasteiger partial charge in [-0.2, -0.15) is 14.6 Å². The molecule has 0 aromatic carbocycles. The first-order valence-electron chi connectivity index (χ1n) is 7.20. The predicted octanol–water partition coefficient (Wildman–Crippen LogP) is 1.99. The monoisotopic (exact) mass is 291 g/mol. The number of nitrogens with one attached hydrogen (secondary N) is 1. The number of hydrogen-bond donors (Lipinski definition) is 2. The number of carbonyl (C=O) groups is 1. The molecular formula is C14H21N5O2. The van der Waals surface area contributed by atoms with Crippen molar-refractivity contribution in [1.82, 2.24) is 19.6 Å². The zero-order valence-electron chi connectivity index (χ0n) is 12.6. The van der Waals surface area contributed by atoms with Gasteiger partial charge in [-0.3, -0.25) is 0 Å². The van der Waals surface area contributed by atoms with Crippen molar-refractivity contribution in [2.45, 2.75) is 46.1 Å². The van der Waals surface area contributed by atoms with Gasteiger partial charge in [-0.05, 0) is 18.8 Å². The van der Waals surface area contributed by atoms with Gasteiger partial charge in [0, 0.05) is 11.8 Å². The molecule has 2 N–H and O–H groups in total. The maximum Gasteiger partial charge on any atom is 0.326 e. The average Bonchev–Trinajstić information content (AvgIpc) is 2.86. The van der Waals surface area contributed by atoms with Crippen molar-refractivity contribution < 1.29 is 9.90 Å². The SMILES string of the molecule is CCCc1cc(NC(CC(C)C)C(=O)O)n2ncnc2n1. The highest BCUT2D eigenvalue weighted by molar-refractivity contribution is 5.77.